The number of pyridine rings is 1. The number of anilines is 2. The SMILES string of the molecule is CCCNc1nc(NCCS(=O)(=O)NCC)c(F)cc1F. The van der Waals surface area contributed by atoms with Crippen LogP contribution in [0.5, 0.6) is 0 Å². The topological polar surface area (TPSA) is 83.1 Å². The number of aromatic nitrogens is 1. The second kappa shape index (κ2) is 8.08. The molecule has 0 fully saturated rings. The number of hydrogen-bond donors (Lipinski definition) is 3. The molecule has 120 valence electrons. The molecule has 0 atom stereocenters. The van der Waals surface area contributed by atoms with Gasteiger partial charge in [0.15, 0.2) is 23.3 Å². The minimum absolute atomic E-state index is 0.0297. The van der Waals surface area contributed by atoms with Gasteiger partial charge in [-0.05, 0) is 6.42 Å². The third-order valence-corrected chi connectivity index (χ3v) is 3.97. The average Bonchev–Trinajstić information content (AvgIpc) is 2.39. The molecule has 0 saturated carbocycles. The number of nitrogens with one attached hydrogen (secondary N) is 3. The predicted octanol–water partition coefficient (Wildman–Crippen LogP) is 1.53. The third-order valence-electron chi connectivity index (χ3n) is 2.50. The average molecular weight is 322 g/mol. The van der Waals surface area contributed by atoms with E-state index in [4.69, 9.17) is 0 Å². The fourth-order valence-corrected chi connectivity index (χ4v) is 2.51. The number of halogens is 2. The van der Waals surface area contributed by atoms with E-state index in [2.05, 4.69) is 20.3 Å². The van der Waals surface area contributed by atoms with Crippen molar-refractivity contribution < 1.29 is 17.2 Å². The van der Waals surface area contributed by atoms with Gasteiger partial charge in [-0.15, -0.1) is 0 Å². The fourth-order valence-electron chi connectivity index (χ4n) is 1.55. The molecule has 1 aromatic heterocycles. The highest BCUT2D eigenvalue weighted by Crippen LogP contribution is 2.18. The fraction of sp³-hybridized carbons (Fsp3) is 0.583. The van der Waals surface area contributed by atoms with Gasteiger partial charge in [0.25, 0.3) is 0 Å². The molecule has 0 saturated heterocycles. The maximum atomic E-state index is 13.6. The molecule has 1 heterocycles. The van der Waals surface area contributed by atoms with Crippen molar-refractivity contribution in [2.24, 2.45) is 0 Å². The van der Waals surface area contributed by atoms with Crippen LogP contribution in [0.15, 0.2) is 6.07 Å². The Kier molecular flexibility index (Phi) is 6.76. The predicted molar refractivity (Wildman–Crippen MR) is 78.9 cm³/mol. The van der Waals surface area contributed by atoms with Crippen LogP contribution < -0.4 is 15.4 Å². The standard InChI is InChI=1S/C12H20F2N4O2S/c1-3-5-15-11-9(13)8-10(14)12(18-11)16-6-7-21(19,20)17-4-2/h8,17H,3-7H2,1-2H3,(H2,15,16,18). The Morgan fingerprint density at radius 3 is 2.19 bits per heavy atom. The van der Waals surface area contributed by atoms with Crippen molar-refractivity contribution >= 4 is 21.7 Å². The summed E-state index contributed by atoms with van der Waals surface area (Å²) in [5.74, 6) is -2.11. The Balaban J connectivity index is 2.70. The van der Waals surface area contributed by atoms with Crippen LogP contribution in [0, 0.1) is 11.6 Å². The molecule has 0 unspecified atom stereocenters. The molecule has 0 aliphatic heterocycles. The van der Waals surface area contributed by atoms with Gasteiger partial charge in [0.05, 0.1) is 5.75 Å². The zero-order chi connectivity index (χ0) is 15.9. The van der Waals surface area contributed by atoms with Crippen LogP contribution in [0.2, 0.25) is 0 Å². The van der Waals surface area contributed by atoms with E-state index in [1.807, 2.05) is 6.92 Å². The number of rotatable bonds is 9. The maximum Gasteiger partial charge on any atom is 0.213 e. The van der Waals surface area contributed by atoms with E-state index in [-0.39, 0.29) is 30.5 Å². The highest BCUT2D eigenvalue weighted by Gasteiger charge is 2.13. The lowest BCUT2D eigenvalue weighted by Gasteiger charge is -2.11. The minimum atomic E-state index is -3.40. The molecule has 1 rings (SSSR count). The van der Waals surface area contributed by atoms with E-state index < -0.39 is 21.7 Å². The van der Waals surface area contributed by atoms with Crippen molar-refractivity contribution in [3.8, 4) is 0 Å². The number of sulfonamides is 1. The Labute approximate surface area is 123 Å². The van der Waals surface area contributed by atoms with E-state index in [1.54, 1.807) is 6.92 Å². The zero-order valence-electron chi connectivity index (χ0n) is 12.0. The second-order valence-electron chi connectivity index (χ2n) is 4.32. The van der Waals surface area contributed by atoms with Gasteiger partial charge in [-0.3, -0.25) is 0 Å². The summed E-state index contributed by atoms with van der Waals surface area (Å²) in [5, 5.41) is 5.29. The summed E-state index contributed by atoms with van der Waals surface area (Å²) in [6, 6.07) is 0.714. The van der Waals surface area contributed by atoms with Crippen LogP contribution in [-0.4, -0.2) is 38.8 Å². The summed E-state index contributed by atoms with van der Waals surface area (Å²) in [6.45, 7) is 4.33. The van der Waals surface area contributed by atoms with Gasteiger partial charge in [-0.25, -0.2) is 26.9 Å². The molecule has 0 aliphatic carbocycles. The van der Waals surface area contributed by atoms with Gasteiger partial charge in [0, 0.05) is 25.7 Å². The van der Waals surface area contributed by atoms with Gasteiger partial charge in [0.2, 0.25) is 10.0 Å². The number of hydrogen-bond acceptors (Lipinski definition) is 5. The summed E-state index contributed by atoms with van der Waals surface area (Å²) < 4.78 is 52.2. The monoisotopic (exact) mass is 322 g/mol. The highest BCUT2D eigenvalue weighted by atomic mass is 32.2. The first-order chi connectivity index (χ1) is 9.89. The first kappa shape index (κ1) is 17.6. The molecule has 3 N–H and O–H groups in total. The Hall–Kier alpha value is -1.48. The van der Waals surface area contributed by atoms with Crippen LogP contribution in [-0.2, 0) is 10.0 Å². The molecule has 0 bridgehead atoms. The van der Waals surface area contributed by atoms with Crippen LogP contribution >= 0.6 is 0 Å². The van der Waals surface area contributed by atoms with Gasteiger partial charge < -0.3 is 10.6 Å². The molecule has 6 nitrogen and oxygen atoms in total. The smallest absolute Gasteiger partial charge is 0.213 e. The van der Waals surface area contributed by atoms with Crippen molar-refractivity contribution in [1.82, 2.24) is 9.71 Å². The van der Waals surface area contributed by atoms with Crippen molar-refractivity contribution in [1.29, 1.82) is 0 Å². The quantitative estimate of drug-likeness (QED) is 0.642. The zero-order valence-corrected chi connectivity index (χ0v) is 12.9. The molecule has 0 amide bonds. The van der Waals surface area contributed by atoms with Crippen molar-refractivity contribution in [2.75, 3.05) is 36.0 Å². The first-order valence-corrected chi connectivity index (χ1v) is 8.36. The van der Waals surface area contributed by atoms with E-state index in [0.29, 0.717) is 12.6 Å². The summed E-state index contributed by atoms with van der Waals surface area (Å²) >= 11 is 0. The third kappa shape index (κ3) is 5.80. The first-order valence-electron chi connectivity index (χ1n) is 6.70. The van der Waals surface area contributed by atoms with Gasteiger partial charge >= 0.3 is 0 Å². The van der Waals surface area contributed by atoms with Crippen molar-refractivity contribution in [2.45, 2.75) is 20.3 Å². The molecule has 0 spiro atoms. The molecule has 9 heteroatoms. The van der Waals surface area contributed by atoms with Crippen molar-refractivity contribution in [3.63, 3.8) is 0 Å². The Morgan fingerprint density at radius 1 is 1.10 bits per heavy atom. The van der Waals surface area contributed by atoms with Crippen LogP contribution in [0.25, 0.3) is 0 Å². The summed E-state index contributed by atoms with van der Waals surface area (Å²) in [5.41, 5.74) is 0. The van der Waals surface area contributed by atoms with Gasteiger partial charge in [0.1, 0.15) is 0 Å². The van der Waals surface area contributed by atoms with Gasteiger partial charge in [-0.1, -0.05) is 13.8 Å². The normalized spacial score (nSPS) is 11.4. The second-order valence-corrected chi connectivity index (χ2v) is 6.25. The molecule has 21 heavy (non-hydrogen) atoms. The number of nitrogens with zero attached hydrogens (tertiary/aromatic N) is 1. The molecule has 0 radical (unpaired) electrons. The molecular formula is C12H20F2N4O2S. The molecule has 0 aromatic carbocycles. The van der Waals surface area contributed by atoms with Crippen LogP contribution in [0.1, 0.15) is 20.3 Å². The molecule has 0 aliphatic rings. The summed E-state index contributed by atoms with van der Waals surface area (Å²) in [6.07, 6.45) is 0.766. The lowest BCUT2D eigenvalue weighted by atomic mass is 10.3. The lowest BCUT2D eigenvalue weighted by molar-refractivity contribution is 0.576. The van der Waals surface area contributed by atoms with E-state index in [9.17, 15) is 17.2 Å². The molecule has 1 aromatic rings. The Morgan fingerprint density at radius 2 is 1.67 bits per heavy atom. The largest absolute Gasteiger partial charge is 0.368 e. The van der Waals surface area contributed by atoms with Crippen molar-refractivity contribution in [3.05, 3.63) is 17.7 Å². The summed E-state index contributed by atoms with van der Waals surface area (Å²) in [4.78, 5) is 3.79. The Bertz CT molecular complexity index is 567. The van der Waals surface area contributed by atoms with E-state index in [0.717, 1.165) is 6.42 Å². The van der Waals surface area contributed by atoms with E-state index >= 15 is 0 Å². The van der Waals surface area contributed by atoms with Crippen LogP contribution in [0.4, 0.5) is 20.4 Å². The molecular weight excluding hydrogens is 302 g/mol. The lowest BCUT2D eigenvalue weighted by Crippen LogP contribution is -2.29. The minimum Gasteiger partial charge on any atom is -0.368 e. The van der Waals surface area contributed by atoms with E-state index in [1.165, 1.54) is 0 Å². The highest BCUT2D eigenvalue weighted by molar-refractivity contribution is 7.89. The van der Waals surface area contributed by atoms with Gasteiger partial charge in [-0.2, -0.15) is 0 Å². The maximum absolute atomic E-state index is 13.6. The summed E-state index contributed by atoms with van der Waals surface area (Å²) in [7, 11) is -3.40. The van der Waals surface area contributed by atoms with Crippen LogP contribution in [0.3, 0.4) is 0 Å².